The van der Waals surface area contributed by atoms with E-state index in [1.807, 2.05) is 32.9 Å². The maximum Gasteiger partial charge on any atom is 0.407 e. The number of ether oxygens (including phenoxy) is 1. The number of nitrogens with zero attached hydrogens (tertiary/aromatic N) is 5. The molecule has 3 N–H and O–H groups in total. The van der Waals surface area contributed by atoms with Gasteiger partial charge in [-0.2, -0.15) is 9.40 Å². The highest BCUT2D eigenvalue weighted by molar-refractivity contribution is 7.88. The molecule has 0 aromatic carbocycles. The number of nitrogen functional groups attached to an aromatic ring is 1. The van der Waals surface area contributed by atoms with Gasteiger partial charge in [0.05, 0.1) is 17.6 Å². The molecule has 33 heavy (non-hydrogen) atoms. The van der Waals surface area contributed by atoms with E-state index in [0.29, 0.717) is 24.4 Å². The lowest BCUT2D eigenvalue weighted by atomic mass is 10.1. The van der Waals surface area contributed by atoms with Crippen molar-refractivity contribution in [1.29, 1.82) is 0 Å². The van der Waals surface area contributed by atoms with Crippen molar-refractivity contribution in [2.45, 2.75) is 45.3 Å². The Kier molecular flexibility index (Phi) is 5.99. The van der Waals surface area contributed by atoms with Crippen LogP contribution in [0, 0.1) is 0 Å². The summed E-state index contributed by atoms with van der Waals surface area (Å²) in [5, 5.41) is 7.36. The van der Waals surface area contributed by atoms with Crippen LogP contribution in [0.25, 0.3) is 11.1 Å². The van der Waals surface area contributed by atoms with Crippen LogP contribution in [0.1, 0.15) is 39.3 Å². The van der Waals surface area contributed by atoms with Gasteiger partial charge in [-0.25, -0.2) is 22.7 Å². The highest BCUT2D eigenvalue weighted by Crippen LogP contribution is 2.35. The minimum absolute atomic E-state index is 0.0794. The number of aromatic nitrogens is 3. The van der Waals surface area contributed by atoms with Crippen molar-refractivity contribution in [3.05, 3.63) is 24.2 Å². The smallest absolute Gasteiger partial charge is 0.407 e. The molecule has 4 heterocycles. The third-order valence-electron chi connectivity index (χ3n) is 5.73. The van der Waals surface area contributed by atoms with E-state index in [2.05, 4.69) is 20.3 Å². The standard InChI is InChI=1S/C21H31N7O4S/c1-21(2,3)32-20(29)25-15-6-5-8-26(12-15)17-10-16(28-18(17)19(22)23-13-24-28)14-7-9-27(11-14)33(4,30)31/h7,10,13,15H,5-6,8-9,11-12H2,1-4H3,(H,25,29)(H2,22,23,24)/t15-/m1/s1. The quantitative estimate of drug-likeness (QED) is 0.676. The maximum absolute atomic E-state index is 12.3. The number of hydrogen-bond donors (Lipinski definition) is 2. The van der Waals surface area contributed by atoms with Crippen molar-refractivity contribution >= 4 is 38.7 Å². The van der Waals surface area contributed by atoms with Gasteiger partial charge in [0.1, 0.15) is 17.4 Å². The molecule has 0 saturated carbocycles. The molecule has 2 aliphatic heterocycles. The zero-order chi connectivity index (χ0) is 24.0. The van der Waals surface area contributed by atoms with Gasteiger partial charge in [0.15, 0.2) is 5.82 Å². The first-order valence-corrected chi connectivity index (χ1v) is 12.8. The predicted octanol–water partition coefficient (Wildman–Crippen LogP) is 1.46. The fourth-order valence-corrected chi connectivity index (χ4v) is 4.99. The average molecular weight is 478 g/mol. The monoisotopic (exact) mass is 477 g/mol. The topological polar surface area (TPSA) is 135 Å². The Morgan fingerprint density at radius 3 is 2.76 bits per heavy atom. The van der Waals surface area contributed by atoms with E-state index in [-0.39, 0.29) is 12.6 Å². The van der Waals surface area contributed by atoms with E-state index in [1.165, 1.54) is 16.9 Å². The first-order chi connectivity index (χ1) is 15.4. The molecule has 180 valence electrons. The molecule has 0 unspecified atom stereocenters. The second-order valence-corrected chi connectivity index (χ2v) is 11.5. The summed E-state index contributed by atoms with van der Waals surface area (Å²) in [7, 11) is -3.30. The number of hydrogen-bond acceptors (Lipinski definition) is 8. The van der Waals surface area contributed by atoms with Crippen LogP contribution in [-0.4, -0.2) is 77.5 Å². The number of piperidine rings is 1. The van der Waals surface area contributed by atoms with E-state index in [4.69, 9.17) is 10.5 Å². The Bertz CT molecular complexity index is 1200. The minimum Gasteiger partial charge on any atom is -0.444 e. The van der Waals surface area contributed by atoms with Gasteiger partial charge in [-0.3, -0.25) is 0 Å². The van der Waals surface area contributed by atoms with E-state index in [9.17, 15) is 13.2 Å². The molecule has 0 bridgehead atoms. The fourth-order valence-electron chi connectivity index (χ4n) is 4.28. The highest BCUT2D eigenvalue weighted by Gasteiger charge is 2.30. The van der Waals surface area contributed by atoms with Crippen molar-refractivity contribution in [3.8, 4) is 0 Å². The van der Waals surface area contributed by atoms with Gasteiger partial charge in [-0.05, 0) is 45.3 Å². The largest absolute Gasteiger partial charge is 0.444 e. The number of sulfonamides is 1. The van der Waals surface area contributed by atoms with Crippen molar-refractivity contribution < 1.29 is 17.9 Å². The molecule has 0 aliphatic carbocycles. The Balaban J connectivity index is 1.61. The number of carbonyl (C=O) groups excluding carboxylic acids is 1. The molecule has 0 spiro atoms. The molecule has 2 aliphatic rings. The second-order valence-electron chi connectivity index (χ2n) is 9.54. The lowest BCUT2D eigenvalue weighted by Crippen LogP contribution is -2.49. The van der Waals surface area contributed by atoms with Crippen molar-refractivity contribution in [2.75, 3.05) is 43.1 Å². The normalized spacial score (nSPS) is 20.2. The molecule has 1 fully saturated rings. The SMILES string of the molecule is CC(C)(C)OC(=O)N[C@@H]1CCCN(c2cc(C3=CCN(S(C)(=O)=O)C3)n3ncnc(N)c23)C1. The van der Waals surface area contributed by atoms with Crippen LogP contribution in [-0.2, 0) is 14.8 Å². The van der Waals surface area contributed by atoms with Crippen LogP contribution >= 0.6 is 0 Å². The Labute approximate surface area is 193 Å². The number of fused-ring (bicyclic) bond motifs is 1. The summed E-state index contributed by atoms with van der Waals surface area (Å²) in [5.74, 6) is 0.340. The number of anilines is 2. The number of nitrogens with one attached hydrogen (secondary N) is 1. The van der Waals surface area contributed by atoms with Gasteiger partial charge in [0.2, 0.25) is 10.0 Å². The lowest BCUT2D eigenvalue weighted by molar-refractivity contribution is 0.0500. The Hall–Kier alpha value is -2.86. The van der Waals surface area contributed by atoms with Gasteiger partial charge in [-0.1, -0.05) is 6.08 Å². The second kappa shape index (κ2) is 8.49. The van der Waals surface area contributed by atoms with Crippen molar-refractivity contribution in [2.24, 2.45) is 0 Å². The predicted molar refractivity (Wildman–Crippen MR) is 126 cm³/mol. The third-order valence-corrected chi connectivity index (χ3v) is 6.95. The molecule has 0 radical (unpaired) electrons. The number of nitrogens with two attached hydrogens (primary N) is 1. The summed E-state index contributed by atoms with van der Waals surface area (Å²) in [6, 6.07) is 1.90. The summed E-state index contributed by atoms with van der Waals surface area (Å²) in [4.78, 5) is 18.6. The number of carbonyl (C=O) groups is 1. The van der Waals surface area contributed by atoms with Gasteiger partial charge >= 0.3 is 6.09 Å². The van der Waals surface area contributed by atoms with Gasteiger partial charge in [0.25, 0.3) is 0 Å². The molecule has 1 atom stereocenters. The molecule has 1 amide bonds. The summed E-state index contributed by atoms with van der Waals surface area (Å²) >= 11 is 0. The Morgan fingerprint density at radius 1 is 1.33 bits per heavy atom. The number of alkyl carbamates (subject to hydrolysis) is 1. The first-order valence-electron chi connectivity index (χ1n) is 10.9. The van der Waals surface area contributed by atoms with Crippen LogP contribution in [0.5, 0.6) is 0 Å². The van der Waals surface area contributed by atoms with Crippen LogP contribution in [0.3, 0.4) is 0 Å². The lowest BCUT2D eigenvalue weighted by Gasteiger charge is -2.34. The molecular formula is C21H31N7O4S. The van der Waals surface area contributed by atoms with E-state index in [1.54, 1.807) is 4.52 Å². The maximum atomic E-state index is 12.3. The van der Waals surface area contributed by atoms with E-state index >= 15 is 0 Å². The number of rotatable bonds is 4. The van der Waals surface area contributed by atoms with Crippen LogP contribution in [0.15, 0.2) is 18.5 Å². The molecule has 4 rings (SSSR count). The summed E-state index contributed by atoms with van der Waals surface area (Å²) < 4.78 is 32.5. The zero-order valence-corrected chi connectivity index (χ0v) is 20.2. The fraction of sp³-hybridized carbons (Fsp3) is 0.571. The first kappa shape index (κ1) is 23.3. The minimum atomic E-state index is -3.30. The molecule has 11 nitrogen and oxygen atoms in total. The Morgan fingerprint density at radius 2 is 2.09 bits per heavy atom. The summed E-state index contributed by atoms with van der Waals surface area (Å²) in [6.45, 7) is 7.47. The molecular weight excluding hydrogens is 446 g/mol. The van der Waals surface area contributed by atoms with Crippen LogP contribution in [0.2, 0.25) is 0 Å². The third kappa shape index (κ3) is 5.06. The summed E-state index contributed by atoms with van der Waals surface area (Å²) in [6.07, 6.45) is 5.78. The van der Waals surface area contributed by atoms with Gasteiger partial charge in [-0.15, -0.1) is 0 Å². The van der Waals surface area contributed by atoms with E-state index < -0.39 is 21.7 Å². The highest BCUT2D eigenvalue weighted by atomic mass is 32.2. The molecule has 2 aromatic heterocycles. The van der Waals surface area contributed by atoms with E-state index in [0.717, 1.165) is 36.3 Å². The van der Waals surface area contributed by atoms with Crippen LogP contribution < -0.4 is 16.0 Å². The number of amides is 1. The van der Waals surface area contributed by atoms with Crippen molar-refractivity contribution in [3.63, 3.8) is 0 Å². The van der Waals surface area contributed by atoms with Crippen molar-refractivity contribution in [1.82, 2.24) is 24.2 Å². The average Bonchev–Trinajstić information content (AvgIpc) is 3.32. The van der Waals surface area contributed by atoms with Gasteiger partial charge in [0, 0.05) is 32.2 Å². The molecule has 12 heteroatoms. The van der Waals surface area contributed by atoms with Crippen LogP contribution in [0.4, 0.5) is 16.3 Å². The summed E-state index contributed by atoms with van der Waals surface area (Å²) in [5.41, 5.74) is 8.85. The zero-order valence-electron chi connectivity index (χ0n) is 19.4. The molecule has 1 saturated heterocycles. The van der Waals surface area contributed by atoms with Gasteiger partial charge < -0.3 is 20.7 Å². The molecule has 2 aromatic rings.